The van der Waals surface area contributed by atoms with Gasteiger partial charge in [0.25, 0.3) is 0 Å². The number of hydrogen-bond acceptors (Lipinski definition) is 3. The highest BCUT2D eigenvalue weighted by atomic mass is 15.1. The lowest BCUT2D eigenvalue weighted by molar-refractivity contribution is 0.331. The molecule has 39 heavy (non-hydrogen) atoms. The highest BCUT2D eigenvalue weighted by Gasteiger charge is 2.17. The van der Waals surface area contributed by atoms with Crippen LogP contribution in [0.25, 0.3) is 23.3 Å². The Hall–Kier alpha value is -3.82. The van der Waals surface area contributed by atoms with E-state index in [1.807, 2.05) is 36.4 Å². The van der Waals surface area contributed by atoms with Crippen molar-refractivity contribution in [1.29, 1.82) is 10.5 Å². The van der Waals surface area contributed by atoms with Crippen molar-refractivity contribution >= 4 is 23.3 Å². The van der Waals surface area contributed by atoms with Crippen LogP contribution < -0.4 is 20.9 Å². The molecule has 3 nitrogen and oxygen atoms in total. The van der Waals surface area contributed by atoms with Crippen LogP contribution in [0.1, 0.15) is 77.3 Å². The predicted octanol–water partition coefficient (Wildman–Crippen LogP) is 6.03. The standard InChI is InChI=1S/C36H43N3/c1-7-9-10-12-31(11-8-2)25-39-23-28(5)36(29(6)24-39)35-26(3)19-32(20-27(35)4)14-13-30-15-17-33(18-16-30)34(21-37)22-38/h13-20,23-24,31H,7-12,25H2,1-6H3. The molecule has 0 aromatic heterocycles. The van der Waals surface area contributed by atoms with Crippen molar-refractivity contribution in [2.75, 3.05) is 6.54 Å². The van der Waals surface area contributed by atoms with Crippen LogP contribution in [-0.4, -0.2) is 11.4 Å². The van der Waals surface area contributed by atoms with Crippen LogP contribution in [0.3, 0.4) is 0 Å². The van der Waals surface area contributed by atoms with E-state index < -0.39 is 0 Å². The van der Waals surface area contributed by atoms with Gasteiger partial charge in [0, 0.05) is 24.2 Å². The average molecular weight is 518 g/mol. The Morgan fingerprint density at radius 3 is 1.92 bits per heavy atom. The summed E-state index contributed by atoms with van der Waals surface area (Å²) in [5, 5.41) is 22.3. The van der Waals surface area contributed by atoms with Gasteiger partial charge in [0.2, 0.25) is 0 Å². The Kier molecular flexibility index (Phi) is 11.0. The van der Waals surface area contributed by atoms with Gasteiger partial charge in [-0.25, -0.2) is 0 Å². The number of nitrogens with zero attached hydrogens (tertiary/aromatic N) is 3. The molecule has 0 saturated heterocycles. The maximum atomic E-state index is 9.07. The van der Waals surface area contributed by atoms with E-state index in [4.69, 9.17) is 10.5 Å². The fraction of sp³-hybridized carbons (Fsp3) is 0.389. The predicted molar refractivity (Wildman–Crippen MR) is 165 cm³/mol. The van der Waals surface area contributed by atoms with Crippen molar-refractivity contribution < 1.29 is 0 Å². The SMILES string of the molecule is CCCCCC(CCC)CN1C=C(C)C(=c2c(C)cc(=CC=c3ccc(=C(C#N)C#N)cc3)cc2C)C(C)=C1. The third-order valence-corrected chi connectivity index (χ3v) is 7.59. The minimum Gasteiger partial charge on any atom is -0.353 e. The van der Waals surface area contributed by atoms with Crippen molar-refractivity contribution in [3.63, 3.8) is 0 Å². The van der Waals surface area contributed by atoms with Crippen LogP contribution in [0.2, 0.25) is 0 Å². The van der Waals surface area contributed by atoms with E-state index in [0.29, 0.717) is 5.22 Å². The highest BCUT2D eigenvalue weighted by molar-refractivity contribution is 5.79. The maximum Gasteiger partial charge on any atom is 0.136 e. The molecular formula is C36H43N3. The molecular weight excluding hydrogens is 474 g/mol. The fourth-order valence-corrected chi connectivity index (χ4v) is 5.79. The lowest BCUT2D eigenvalue weighted by Gasteiger charge is -2.29. The Morgan fingerprint density at radius 2 is 1.38 bits per heavy atom. The minimum atomic E-state index is 0.136. The summed E-state index contributed by atoms with van der Waals surface area (Å²) in [7, 11) is 0. The molecule has 3 heteroatoms. The van der Waals surface area contributed by atoms with E-state index in [1.165, 1.54) is 71.6 Å². The first kappa shape index (κ1) is 29.7. The number of rotatable bonds is 9. The van der Waals surface area contributed by atoms with Crippen LogP contribution in [0, 0.1) is 42.4 Å². The van der Waals surface area contributed by atoms with Crippen LogP contribution in [0.5, 0.6) is 0 Å². The molecule has 0 amide bonds. The number of benzene rings is 2. The monoisotopic (exact) mass is 517 g/mol. The summed E-state index contributed by atoms with van der Waals surface area (Å²) in [6.07, 6.45) is 16.7. The second kappa shape index (κ2) is 14.4. The fourth-order valence-electron chi connectivity index (χ4n) is 5.79. The van der Waals surface area contributed by atoms with Gasteiger partial charge in [0.15, 0.2) is 0 Å². The van der Waals surface area contributed by atoms with Gasteiger partial charge in [-0.1, -0.05) is 88.1 Å². The molecule has 1 aliphatic rings. The lowest BCUT2D eigenvalue weighted by Crippen LogP contribution is -2.26. The van der Waals surface area contributed by atoms with Gasteiger partial charge in [0.1, 0.15) is 17.7 Å². The highest BCUT2D eigenvalue weighted by Crippen LogP contribution is 2.28. The Labute approximate surface area is 235 Å². The summed E-state index contributed by atoms with van der Waals surface area (Å²) in [6.45, 7) is 14.6. The van der Waals surface area contributed by atoms with Gasteiger partial charge >= 0.3 is 0 Å². The molecule has 2 aromatic rings. The lowest BCUT2D eigenvalue weighted by atomic mass is 9.91. The van der Waals surface area contributed by atoms with Crippen LogP contribution in [0.4, 0.5) is 0 Å². The molecule has 0 bridgehead atoms. The van der Waals surface area contributed by atoms with E-state index >= 15 is 0 Å². The topological polar surface area (TPSA) is 50.8 Å². The molecule has 3 rings (SSSR count). The summed E-state index contributed by atoms with van der Waals surface area (Å²) >= 11 is 0. The molecule has 0 saturated carbocycles. The largest absolute Gasteiger partial charge is 0.353 e. The van der Waals surface area contributed by atoms with Crippen molar-refractivity contribution in [3.05, 3.63) is 91.9 Å². The zero-order valence-electron chi connectivity index (χ0n) is 24.6. The first-order chi connectivity index (χ1) is 18.8. The third-order valence-electron chi connectivity index (χ3n) is 7.59. The number of nitriles is 2. The summed E-state index contributed by atoms with van der Waals surface area (Å²) in [5.41, 5.74) is 6.71. The van der Waals surface area contributed by atoms with Gasteiger partial charge in [-0.3, -0.25) is 0 Å². The van der Waals surface area contributed by atoms with Crippen LogP contribution >= 0.6 is 0 Å². The number of hydrogen-bond donors (Lipinski definition) is 0. The summed E-state index contributed by atoms with van der Waals surface area (Å²) in [4.78, 5) is 2.43. The summed E-state index contributed by atoms with van der Waals surface area (Å²) in [5.74, 6) is 0.750. The quantitative estimate of drug-likeness (QED) is 0.382. The molecule has 1 atom stereocenters. The molecule has 1 heterocycles. The van der Waals surface area contributed by atoms with E-state index in [1.54, 1.807) is 0 Å². The van der Waals surface area contributed by atoms with Gasteiger partial charge in [-0.15, -0.1) is 0 Å². The number of allylic oxidation sites excluding steroid dienone is 2. The molecule has 0 fully saturated rings. The van der Waals surface area contributed by atoms with Crippen molar-refractivity contribution in [2.45, 2.75) is 80.1 Å². The molecule has 0 aliphatic carbocycles. The first-order valence-corrected chi connectivity index (χ1v) is 14.4. The van der Waals surface area contributed by atoms with Crippen LogP contribution in [0.15, 0.2) is 59.9 Å². The normalized spacial score (nSPS) is 13.6. The van der Waals surface area contributed by atoms with E-state index in [2.05, 4.69) is 83.1 Å². The Morgan fingerprint density at radius 1 is 0.795 bits per heavy atom. The average Bonchev–Trinajstić information content (AvgIpc) is 2.90. The van der Waals surface area contributed by atoms with E-state index in [9.17, 15) is 0 Å². The molecule has 2 aromatic carbocycles. The van der Waals surface area contributed by atoms with Gasteiger partial charge in [-0.2, -0.15) is 10.5 Å². The summed E-state index contributed by atoms with van der Waals surface area (Å²) in [6, 6.07) is 15.9. The Bertz CT molecular complexity index is 1480. The molecule has 202 valence electrons. The van der Waals surface area contributed by atoms with E-state index in [0.717, 1.165) is 22.9 Å². The molecule has 1 unspecified atom stereocenters. The van der Waals surface area contributed by atoms with E-state index in [-0.39, 0.29) is 5.57 Å². The number of unbranched alkanes of at least 4 members (excludes halogenated alkanes) is 2. The van der Waals surface area contributed by atoms with Crippen molar-refractivity contribution in [3.8, 4) is 12.1 Å². The molecule has 0 spiro atoms. The zero-order valence-corrected chi connectivity index (χ0v) is 24.6. The second-order valence-electron chi connectivity index (χ2n) is 10.9. The van der Waals surface area contributed by atoms with Gasteiger partial charge in [0.05, 0.1) is 0 Å². The zero-order chi connectivity index (χ0) is 28.4. The van der Waals surface area contributed by atoms with Crippen molar-refractivity contribution in [1.82, 2.24) is 4.90 Å². The van der Waals surface area contributed by atoms with Crippen molar-refractivity contribution in [2.24, 2.45) is 5.92 Å². The molecule has 0 N–H and O–H groups in total. The maximum absolute atomic E-state index is 9.07. The first-order valence-electron chi connectivity index (χ1n) is 14.4. The smallest absolute Gasteiger partial charge is 0.136 e. The Balaban J connectivity index is 1.93. The number of aryl methyl sites for hydroxylation is 2. The minimum absolute atomic E-state index is 0.136. The van der Waals surface area contributed by atoms with Gasteiger partial charge in [-0.05, 0) is 90.0 Å². The van der Waals surface area contributed by atoms with Gasteiger partial charge < -0.3 is 4.90 Å². The third kappa shape index (κ3) is 7.84. The van der Waals surface area contributed by atoms with Crippen LogP contribution in [-0.2, 0) is 0 Å². The second-order valence-corrected chi connectivity index (χ2v) is 10.9. The molecule has 1 aliphatic heterocycles. The summed E-state index contributed by atoms with van der Waals surface area (Å²) < 4.78 is 0. The molecule has 0 radical (unpaired) electrons.